The zero-order chi connectivity index (χ0) is 13.3. The molecule has 1 atom stereocenters. The van der Waals surface area contributed by atoms with Gasteiger partial charge in [0.2, 0.25) is 11.8 Å². The number of carbonyl (C=O) groups excluding carboxylic acids is 2. The van der Waals surface area contributed by atoms with Gasteiger partial charge in [-0.1, -0.05) is 6.07 Å². The molecule has 2 rings (SSSR count). The molecule has 6 heteroatoms. The molecule has 1 aliphatic rings. The van der Waals surface area contributed by atoms with Crippen LogP contribution in [0.1, 0.15) is 12.5 Å². The highest BCUT2D eigenvalue weighted by molar-refractivity contribution is 6.00. The van der Waals surface area contributed by atoms with Crippen LogP contribution in [0.15, 0.2) is 18.2 Å². The van der Waals surface area contributed by atoms with Crippen LogP contribution in [0.4, 0.5) is 10.1 Å². The van der Waals surface area contributed by atoms with Crippen molar-refractivity contribution in [3.63, 3.8) is 0 Å². The maximum Gasteiger partial charge on any atom is 0.243 e. The maximum absolute atomic E-state index is 13.6. The topological polar surface area (TPSA) is 75.4 Å². The third-order valence-corrected chi connectivity index (χ3v) is 2.99. The number of nitrogens with zero attached hydrogens (tertiary/aromatic N) is 1. The second kappa shape index (κ2) is 4.73. The van der Waals surface area contributed by atoms with E-state index in [9.17, 15) is 14.0 Å². The van der Waals surface area contributed by atoms with E-state index in [4.69, 9.17) is 5.73 Å². The number of anilines is 1. The van der Waals surface area contributed by atoms with Crippen LogP contribution in [0.2, 0.25) is 0 Å². The number of carbonyl (C=O) groups is 2. The number of piperazine rings is 1. The summed E-state index contributed by atoms with van der Waals surface area (Å²) in [6, 6.07) is 3.93. The first-order chi connectivity index (χ1) is 8.47. The van der Waals surface area contributed by atoms with Crippen molar-refractivity contribution < 1.29 is 14.0 Å². The van der Waals surface area contributed by atoms with Gasteiger partial charge in [-0.3, -0.25) is 19.8 Å². The lowest BCUT2D eigenvalue weighted by Gasteiger charge is -2.31. The van der Waals surface area contributed by atoms with Crippen LogP contribution in [0, 0.1) is 5.82 Å². The number of nitrogens with two attached hydrogens (primary N) is 1. The highest BCUT2D eigenvalue weighted by Crippen LogP contribution is 2.16. The molecule has 0 aliphatic carbocycles. The summed E-state index contributed by atoms with van der Waals surface area (Å²) in [5, 5.41) is 2.24. The standard InChI is InChI=1S/C12H14FN3O2/c1-7-12(18)15-11(17)6-16(7)5-8-2-3-9(14)4-10(8)13/h2-4,7H,5-6,14H2,1H3,(H,15,17,18). The minimum absolute atomic E-state index is 0.0801. The van der Waals surface area contributed by atoms with Crippen molar-refractivity contribution in [2.24, 2.45) is 0 Å². The number of nitrogen functional groups attached to an aromatic ring is 1. The monoisotopic (exact) mass is 251 g/mol. The van der Waals surface area contributed by atoms with Gasteiger partial charge in [0.25, 0.3) is 0 Å². The number of benzene rings is 1. The molecule has 1 fully saturated rings. The Balaban J connectivity index is 2.17. The van der Waals surface area contributed by atoms with E-state index in [2.05, 4.69) is 5.32 Å². The first-order valence-corrected chi connectivity index (χ1v) is 5.59. The first kappa shape index (κ1) is 12.5. The van der Waals surface area contributed by atoms with Gasteiger partial charge in [-0.05, 0) is 19.1 Å². The van der Waals surface area contributed by atoms with Crippen LogP contribution in [0.5, 0.6) is 0 Å². The molecule has 1 unspecified atom stereocenters. The minimum Gasteiger partial charge on any atom is -0.399 e. The summed E-state index contributed by atoms with van der Waals surface area (Å²) in [5.74, 6) is -1.16. The second-order valence-electron chi connectivity index (χ2n) is 4.34. The van der Waals surface area contributed by atoms with Gasteiger partial charge in [0.15, 0.2) is 0 Å². The highest BCUT2D eigenvalue weighted by Gasteiger charge is 2.30. The van der Waals surface area contributed by atoms with Crippen molar-refractivity contribution in [1.82, 2.24) is 10.2 Å². The van der Waals surface area contributed by atoms with E-state index in [0.29, 0.717) is 11.3 Å². The molecule has 0 bridgehead atoms. The molecule has 1 saturated heterocycles. The van der Waals surface area contributed by atoms with Gasteiger partial charge in [0, 0.05) is 17.8 Å². The Kier molecular flexibility index (Phi) is 3.29. The molecule has 0 spiro atoms. The van der Waals surface area contributed by atoms with Crippen molar-refractivity contribution in [3.05, 3.63) is 29.6 Å². The SMILES string of the molecule is CC1C(=O)NC(=O)CN1Cc1ccc(N)cc1F. The largest absolute Gasteiger partial charge is 0.399 e. The number of hydrogen-bond donors (Lipinski definition) is 2. The van der Waals surface area contributed by atoms with Crippen molar-refractivity contribution >= 4 is 17.5 Å². The van der Waals surface area contributed by atoms with Crippen molar-refractivity contribution in [2.45, 2.75) is 19.5 Å². The summed E-state index contributed by atoms with van der Waals surface area (Å²) in [7, 11) is 0. The van der Waals surface area contributed by atoms with Gasteiger partial charge < -0.3 is 5.73 Å². The van der Waals surface area contributed by atoms with Gasteiger partial charge in [0.05, 0.1) is 12.6 Å². The number of halogens is 1. The summed E-state index contributed by atoms with van der Waals surface area (Å²) < 4.78 is 13.6. The van der Waals surface area contributed by atoms with E-state index in [-0.39, 0.29) is 24.9 Å². The Morgan fingerprint density at radius 3 is 2.89 bits per heavy atom. The number of amides is 2. The number of hydrogen-bond acceptors (Lipinski definition) is 4. The van der Waals surface area contributed by atoms with Crippen LogP contribution in [-0.2, 0) is 16.1 Å². The smallest absolute Gasteiger partial charge is 0.243 e. The highest BCUT2D eigenvalue weighted by atomic mass is 19.1. The summed E-state index contributed by atoms with van der Waals surface area (Å²) >= 11 is 0. The molecule has 18 heavy (non-hydrogen) atoms. The molecule has 96 valence electrons. The summed E-state index contributed by atoms with van der Waals surface area (Å²) in [5.41, 5.74) is 6.22. The van der Waals surface area contributed by atoms with Crippen molar-refractivity contribution in [3.8, 4) is 0 Å². The molecule has 1 aromatic carbocycles. The molecule has 1 aliphatic heterocycles. The molecule has 0 aromatic heterocycles. The molecule has 5 nitrogen and oxygen atoms in total. The molecular weight excluding hydrogens is 237 g/mol. The average Bonchev–Trinajstić information content (AvgIpc) is 2.29. The Morgan fingerprint density at radius 1 is 1.50 bits per heavy atom. The third-order valence-electron chi connectivity index (χ3n) is 2.99. The van der Waals surface area contributed by atoms with E-state index in [1.807, 2.05) is 0 Å². The fraction of sp³-hybridized carbons (Fsp3) is 0.333. The lowest BCUT2D eigenvalue weighted by molar-refractivity contribution is -0.139. The molecule has 1 heterocycles. The van der Waals surface area contributed by atoms with Gasteiger partial charge in [0.1, 0.15) is 5.82 Å². The second-order valence-corrected chi connectivity index (χ2v) is 4.34. The van der Waals surface area contributed by atoms with Crippen LogP contribution >= 0.6 is 0 Å². The zero-order valence-corrected chi connectivity index (χ0v) is 9.94. The molecular formula is C12H14FN3O2. The molecule has 2 amide bonds. The molecule has 1 aromatic rings. The van der Waals surface area contributed by atoms with E-state index in [0.717, 1.165) is 0 Å². The van der Waals surface area contributed by atoms with E-state index in [1.54, 1.807) is 24.0 Å². The minimum atomic E-state index is -0.459. The van der Waals surface area contributed by atoms with Crippen LogP contribution in [-0.4, -0.2) is 29.3 Å². The summed E-state index contributed by atoms with van der Waals surface area (Å²) in [6.45, 7) is 1.96. The predicted molar refractivity (Wildman–Crippen MR) is 63.8 cm³/mol. The zero-order valence-electron chi connectivity index (χ0n) is 9.94. The predicted octanol–water partition coefficient (Wildman–Crippen LogP) is 0.255. The Morgan fingerprint density at radius 2 is 2.22 bits per heavy atom. The van der Waals surface area contributed by atoms with Crippen molar-refractivity contribution in [2.75, 3.05) is 12.3 Å². The Bertz CT molecular complexity index is 504. The van der Waals surface area contributed by atoms with Gasteiger partial charge in [-0.2, -0.15) is 0 Å². The molecule has 0 saturated carbocycles. The van der Waals surface area contributed by atoms with Gasteiger partial charge in [-0.25, -0.2) is 4.39 Å². The number of rotatable bonds is 2. The third kappa shape index (κ3) is 2.48. The summed E-state index contributed by atoms with van der Waals surface area (Å²) in [6.07, 6.45) is 0. The van der Waals surface area contributed by atoms with Crippen LogP contribution < -0.4 is 11.1 Å². The first-order valence-electron chi connectivity index (χ1n) is 5.59. The van der Waals surface area contributed by atoms with E-state index >= 15 is 0 Å². The van der Waals surface area contributed by atoms with E-state index in [1.165, 1.54) is 6.07 Å². The number of imide groups is 1. The van der Waals surface area contributed by atoms with Crippen LogP contribution in [0.3, 0.4) is 0 Å². The van der Waals surface area contributed by atoms with E-state index < -0.39 is 11.9 Å². The number of nitrogens with one attached hydrogen (secondary N) is 1. The fourth-order valence-electron chi connectivity index (χ4n) is 1.87. The average molecular weight is 251 g/mol. The quantitative estimate of drug-likeness (QED) is 0.584. The fourth-order valence-corrected chi connectivity index (χ4v) is 1.87. The van der Waals surface area contributed by atoms with Gasteiger partial charge >= 0.3 is 0 Å². The molecule has 0 radical (unpaired) electrons. The van der Waals surface area contributed by atoms with Gasteiger partial charge in [-0.15, -0.1) is 0 Å². The lowest BCUT2D eigenvalue weighted by atomic mass is 10.1. The lowest BCUT2D eigenvalue weighted by Crippen LogP contribution is -2.56. The maximum atomic E-state index is 13.6. The van der Waals surface area contributed by atoms with Crippen molar-refractivity contribution in [1.29, 1.82) is 0 Å². The molecule has 3 N–H and O–H groups in total. The normalized spacial score (nSPS) is 20.9. The Labute approximate surface area is 104 Å². The summed E-state index contributed by atoms with van der Waals surface area (Å²) in [4.78, 5) is 24.3. The Hall–Kier alpha value is -1.95. The van der Waals surface area contributed by atoms with Crippen LogP contribution in [0.25, 0.3) is 0 Å².